The highest BCUT2D eigenvalue weighted by Gasteiger charge is 2.34. The van der Waals surface area contributed by atoms with Gasteiger partial charge >= 0.3 is 0 Å². The van der Waals surface area contributed by atoms with E-state index in [0.717, 1.165) is 21.9 Å². The summed E-state index contributed by atoms with van der Waals surface area (Å²) < 4.78 is 34.4. The molecule has 1 atom stereocenters. The fourth-order valence-corrected chi connectivity index (χ4v) is 6.33. The molecule has 0 aromatic heterocycles. The van der Waals surface area contributed by atoms with E-state index in [-0.39, 0.29) is 29.5 Å². The zero-order valence-electron chi connectivity index (χ0n) is 24.7. The topological polar surface area (TPSA) is 96.0 Å². The fraction of sp³-hybridized carbons (Fsp3) is 0.235. The molecule has 2 amide bonds. The Morgan fingerprint density at radius 2 is 1.50 bits per heavy atom. The second-order valence-corrected chi connectivity index (χ2v) is 12.5. The van der Waals surface area contributed by atoms with Gasteiger partial charge in [0, 0.05) is 24.5 Å². The van der Waals surface area contributed by atoms with Crippen LogP contribution in [0, 0.1) is 0 Å². The third kappa shape index (κ3) is 8.39. The average molecular weight is 634 g/mol. The van der Waals surface area contributed by atoms with E-state index in [0.29, 0.717) is 17.3 Å². The van der Waals surface area contributed by atoms with E-state index >= 15 is 0 Å². The first-order valence-electron chi connectivity index (χ1n) is 14.3. The lowest BCUT2D eigenvalue weighted by molar-refractivity contribution is -0.140. The van der Waals surface area contributed by atoms with Gasteiger partial charge in [-0.1, -0.05) is 85.3 Å². The minimum Gasteiger partial charge on any atom is -0.497 e. The van der Waals surface area contributed by atoms with Gasteiger partial charge in [-0.05, 0) is 60.0 Å². The predicted octanol–water partition coefficient (Wildman–Crippen LogP) is 5.71. The number of ether oxygens (including phenoxy) is 1. The molecular weight excluding hydrogens is 598 g/mol. The molecule has 0 fully saturated rings. The van der Waals surface area contributed by atoms with Gasteiger partial charge in [0.05, 0.1) is 17.7 Å². The van der Waals surface area contributed by atoms with E-state index in [9.17, 15) is 18.0 Å². The van der Waals surface area contributed by atoms with Gasteiger partial charge in [-0.2, -0.15) is 0 Å². The first-order valence-corrected chi connectivity index (χ1v) is 16.1. The van der Waals surface area contributed by atoms with Crippen molar-refractivity contribution in [3.05, 3.63) is 125 Å². The molecular formula is C34H36ClN3O5S. The minimum atomic E-state index is -4.25. The van der Waals surface area contributed by atoms with Gasteiger partial charge in [0.15, 0.2) is 0 Å². The highest BCUT2D eigenvalue weighted by Crippen LogP contribution is 2.28. The third-order valence-corrected chi connectivity index (χ3v) is 9.06. The second kappa shape index (κ2) is 15.4. The average Bonchev–Trinajstić information content (AvgIpc) is 3.04. The summed E-state index contributed by atoms with van der Waals surface area (Å²) in [5, 5.41) is 3.25. The Balaban J connectivity index is 1.78. The summed E-state index contributed by atoms with van der Waals surface area (Å²) in [6.45, 7) is 1.93. The molecule has 44 heavy (non-hydrogen) atoms. The number of rotatable bonds is 14. The van der Waals surface area contributed by atoms with Gasteiger partial charge in [-0.15, -0.1) is 0 Å². The van der Waals surface area contributed by atoms with Gasteiger partial charge in [-0.25, -0.2) is 8.42 Å². The predicted molar refractivity (Wildman–Crippen MR) is 173 cm³/mol. The van der Waals surface area contributed by atoms with Crippen molar-refractivity contribution in [2.45, 2.75) is 37.2 Å². The maximum absolute atomic E-state index is 14.4. The molecule has 4 rings (SSSR count). The number of hydrogen-bond acceptors (Lipinski definition) is 5. The number of carbonyl (C=O) groups excluding carboxylic acids is 2. The number of carbonyl (C=O) groups is 2. The SMILES string of the molecule is CCCNC(=O)C(Cc1ccccc1)N(Cc1ccccc1)C(=O)CN(c1cccc(Cl)c1)S(=O)(=O)c1ccc(OC)cc1. The summed E-state index contributed by atoms with van der Waals surface area (Å²) >= 11 is 6.28. The summed E-state index contributed by atoms with van der Waals surface area (Å²) in [6.07, 6.45) is 0.969. The Kier molecular flexibility index (Phi) is 11.4. The van der Waals surface area contributed by atoms with Crippen LogP contribution in [0.2, 0.25) is 5.02 Å². The van der Waals surface area contributed by atoms with Crippen LogP contribution in [-0.4, -0.2) is 51.4 Å². The van der Waals surface area contributed by atoms with Crippen LogP contribution in [0.15, 0.2) is 114 Å². The minimum absolute atomic E-state index is 0.0257. The first kappa shape index (κ1) is 32.6. The number of nitrogens with one attached hydrogen (secondary N) is 1. The summed E-state index contributed by atoms with van der Waals surface area (Å²) in [5.41, 5.74) is 1.89. The smallest absolute Gasteiger partial charge is 0.264 e. The van der Waals surface area contributed by atoms with E-state index in [2.05, 4.69) is 5.32 Å². The first-order chi connectivity index (χ1) is 21.2. The van der Waals surface area contributed by atoms with Crippen molar-refractivity contribution in [1.82, 2.24) is 10.2 Å². The quantitative estimate of drug-likeness (QED) is 0.192. The van der Waals surface area contributed by atoms with Gasteiger partial charge in [0.1, 0.15) is 18.3 Å². The molecule has 0 radical (unpaired) electrons. The fourth-order valence-electron chi connectivity index (χ4n) is 4.73. The number of anilines is 1. The molecule has 0 saturated carbocycles. The molecule has 0 spiro atoms. The molecule has 4 aromatic carbocycles. The molecule has 230 valence electrons. The van der Waals surface area contributed by atoms with Crippen LogP contribution >= 0.6 is 11.6 Å². The maximum atomic E-state index is 14.4. The highest BCUT2D eigenvalue weighted by molar-refractivity contribution is 7.92. The number of halogens is 1. The van der Waals surface area contributed by atoms with Crippen molar-refractivity contribution in [1.29, 1.82) is 0 Å². The van der Waals surface area contributed by atoms with Crippen LogP contribution in [0.1, 0.15) is 24.5 Å². The van der Waals surface area contributed by atoms with Crippen LogP contribution in [0.3, 0.4) is 0 Å². The summed E-state index contributed by atoms with van der Waals surface area (Å²) in [7, 11) is -2.75. The Labute approximate surface area is 264 Å². The molecule has 8 nitrogen and oxygen atoms in total. The lowest BCUT2D eigenvalue weighted by Gasteiger charge is -2.34. The van der Waals surface area contributed by atoms with Crippen molar-refractivity contribution >= 4 is 39.1 Å². The molecule has 1 unspecified atom stereocenters. The number of benzene rings is 4. The summed E-state index contributed by atoms with van der Waals surface area (Å²) in [5.74, 6) is -0.365. The van der Waals surface area contributed by atoms with E-state index in [1.54, 1.807) is 30.3 Å². The molecule has 0 saturated heterocycles. The Morgan fingerprint density at radius 1 is 0.864 bits per heavy atom. The van der Waals surface area contributed by atoms with Gasteiger partial charge in [0.2, 0.25) is 11.8 Å². The monoisotopic (exact) mass is 633 g/mol. The number of amides is 2. The van der Waals surface area contributed by atoms with E-state index < -0.39 is 28.5 Å². The van der Waals surface area contributed by atoms with Crippen molar-refractivity contribution < 1.29 is 22.7 Å². The molecule has 10 heteroatoms. The molecule has 4 aromatic rings. The van der Waals surface area contributed by atoms with Gasteiger partial charge < -0.3 is 15.0 Å². The Morgan fingerprint density at radius 3 is 2.09 bits per heavy atom. The molecule has 1 N–H and O–H groups in total. The van der Waals surface area contributed by atoms with E-state index in [1.165, 1.54) is 30.2 Å². The summed E-state index contributed by atoms with van der Waals surface area (Å²) in [6, 6.07) is 30.1. The molecule has 0 aliphatic heterocycles. The van der Waals surface area contributed by atoms with Crippen molar-refractivity contribution in [3.8, 4) is 5.75 Å². The lowest BCUT2D eigenvalue weighted by atomic mass is 10.0. The molecule has 0 aliphatic carbocycles. The van der Waals surface area contributed by atoms with Crippen molar-refractivity contribution in [2.75, 3.05) is 24.5 Å². The molecule has 0 aliphatic rings. The second-order valence-electron chi connectivity index (χ2n) is 10.2. The zero-order valence-corrected chi connectivity index (χ0v) is 26.3. The van der Waals surface area contributed by atoms with Crippen molar-refractivity contribution in [2.24, 2.45) is 0 Å². The van der Waals surface area contributed by atoms with Crippen LogP contribution in [0.4, 0.5) is 5.69 Å². The van der Waals surface area contributed by atoms with E-state index in [1.807, 2.05) is 67.6 Å². The van der Waals surface area contributed by atoms with E-state index in [4.69, 9.17) is 16.3 Å². The normalized spacial score (nSPS) is 11.8. The number of methoxy groups -OCH3 is 1. The van der Waals surface area contributed by atoms with Crippen LogP contribution in [0.25, 0.3) is 0 Å². The Hall–Kier alpha value is -4.34. The van der Waals surface area contributed by atoms with Crippen LogP contribution in [-0.2, 0) is 32.6 Å². The number of hydrogen-bond donors (Lipinski definition) is 1. The van der Waals surface area contributed by atoms with Gasteiger partial charge in [-0.3, -0.25) is 13.9 Å². The number of nitrogens with zero attached hydrogens (tertiary/aromatic N) is 2. The highest BCUT2D eigenvalue weighted by atomic mass is 35.5. The summed E-state index contributed by atoms with van der Waals surface area (Å²) in [4.78, 5) is 29.5. The third-order valence-electron chi connectivity index (χ3n) is 7.04. The molecule has 0 heterocycles. The van der Waals surface area contributed by atoms with Crippen LogP contribution in [0.5, 0.6) is 5.75 Å². The standard InChI is InChI=1S/C34H36ClN3O5S/c1-3-21-36-34(40)32(22-26-11-6-4-7-12-26)37(24-27-13-8-5-9-14-27)33(39)25-38(29-16-10-15-28(35)23-29)44(41,42)31-19-17-30(43-2)18-20-31/h4-20,23,32H,3,21-22,24-25H2,1-2H3,(H,36,40). The Bertz CT molecular complexity index is 1630. The maximum Gasteiger partial charge on any atom is 0.264 e. The largest absolute Gasteiger partial charge is 0.497 e. The van der Waals surface area contributed by atoms with Crippen molar-refractivity contribution in [3.63, 3.8) is 0 Å². The van der Waals surface area contributed by atoms with Crippen LogP contribution < -0.4 is 14.4 Å². The van der Waals surface area contributed by atoms with Gasteiger partial charge in [0.25, 0.3) is 10.0 Å². The zero-order chi connectivity index (χ0) is 31.5. The molecule has 0 bridgehead atoms. The number of sulfonamides is 1. The lowest BCUT2D eigenvalue weighted by Crippen LogP contribution is -2.53.